The van der Waals surface area contributed by atoms with E-state index < -0.39 is 0 Å². The van der Waals surface area contributed by atoms with Crippen LogP contribution >= 0.6 is 0 Å². The summed E-state index contributed by atoms with van der Waals surface area (Å²) in [6.45, 7) is 15.2. The Balaban J connectivity index is 4.21. The fraction of sp³-hybridized carbons (Fsp3) is 1.00. The lowest BCUT2D eigenvalue weighted by molar-refractivity contribution is -0.927. The van der Waals surface area contributed by atoms with Crippen LogP contribution in [0.2, 0.25) is 0 Å². The van der Waals surface area contributed by atoms with Crippen molar-refractivity contribution >= 4 is 0 Å². The van der Waals surface area contributed by atoms with Crippen molar-refractivity contribution in [1.82, 2.24) is 0 Å². The third-order valence-corrected chi connectivity index (χ3v) is 11.1. The molecule has 0 saturated carbocycles. The summed E-state index contributed by atoms with van der Waals surface area (Å²) >= 11 is 0. The van der Waals surface area contributed by atoms with Gasteiger partial charge in [0.25, 0.3) is 0 Å². The van der Waals surface area contributed by atoms with Crippen LogP contribution in [-0.4, -0.2) is 30.7 Å². The van der Waals surface area contributed by atoms with Crippen molar-refractivity contribution in [1.29, 1.82) is 0 Å². The van der Waals surface area contributed by atoms with Crippen molar-refractivity contribution in [3.63, 3.8) is 0 Å². The standard InChI is InChI=1S/C44H92N/c1-5-9-12-15-18-21-24-27-30-33-36-39-42-45(8-4,43-40-37-34-31-28-25-22-19-16-13-10-6-2)44-41-38-35-32-29-26-23-20-17-14-11-7-3/h5-44H2,1-4H3/q+1. The molecule has 0 spiro atoms. The van der Waals surface area contributed by atoms with Crippen molar-refractivity contribution in [2.75, 3.05) is 26.2 Å². The fourth-order valence-corrected chi connectivity index (χ4v) is 7.67. The Hall–Kier alpha value is -0.0400. The van der Waals surface area contributed by atoms with Crippen molar-refractivity contribution < 1.29 is 4.48 Å². The maximum atomic E-state index is 2.52. The van der Waals surface area contributed by atoms with Gasteiger partial charge in [-0.25, -0.2) is 0 Å². The molecule has 0 aromatic heterocycles. The molecule has 0 rings (SSSR count). The van der Waals surface area contributed by atoms with Crippen LogP contribution in [0.4, 0.5) is 0 Å². The van der Waals surface area contributed by atoms with Gasteiger partial charge in [-0.2, -0.15) is 0 Å². The van der Waals surface area contributed by atoms with Crippen molar-refractivity contribution in [2.45, 2.75) is 259 Å². The number of quaternary nitrogens is 1. The van der Waals surface area contributed by atoms with Gasteiger partial charge < -0.3 is 4.48 Å². The Kier molecular flexibility index (Phi) is 38.4. The Morgan fingerprint density at radius 3 is 0.511 bits per heavy atom. The highest BCUT2D eigenvalue weighted by atomic mass is 15.3. The molecule has 0 aliphatic rings. The molecular weight excluding hydrogens is 542 g/mol. The van der Waals surface area contributed by atoms with E-state index in [2.05, 4.69) is 27.7 Å². The Morgan fingerprint density at radius 1 is 0.200 bits per heavy atom. The molecule has 0 aliphatic heterocycles. The van der Waals surface area contributed by atoms with Crippen LogP contribution in [0.25, 0.3) is 0 Å². The SMILES string of the molecule is CCCCCCCCCCCCCC[N+](CC)(CCCCCCCCCCCCCC)CCCCCCCCCCCCCC. The van der Waals surface area contributed by atoms with Gasteiger partial charge in [-0.15, -0.1) is 0 Å². The first kappa shape index (κ1) is 45.0. The predicted octanol–water partition coefficient (Wildman–Crippen LogP) is 15.9. The molecule has 0 atom stereocenters. The lowest BCUT2D eigenvalue weighted by Crippen LogP contribution is -2.50. The first-order chi connectivity index (χ1) is 22.2. The minimum absolute atomic E-state index is 1.37. The third kappa shape index (κ3) is 33.6. The van der Waals surface area contributed by atoms with E-state index in [0.717, 1.165) is 0 Å². The van der Waals surface area contributed by atoms with E-state index in [9.17, 15) is 0 Å². The summed E-state index contributed by atoms with van der Waals surface area (Å²) in [6.07, 6.45) is 52.8. The molecule has 0 amide bonds. The Bertz CT molecular complexity index is 444. The molecular formula is C44H92N+. The first-order valence-electron chi connectivity index (χ1n) is 22.1. The molecule has 0 radical (unpaired) electrons. The van der Waals surface area contributed by atoms with Gasteiger partial charge in [-0.1, -0.05) is 213 Å². The first-order valence-corrected chi connectivity index (χ1v) is 22.1. The van der Waals surface area contributed by atoms with Gasteiger partial charge in [-0.3, -0.25) is 0 Å². The fourth-order valence-electron chi connectivity index (χ4n) is 7.67. The highest BCUT2D eigenvalue weighted by Crippen LogP contribution is 2.20. The quantitative estimate of drug-likeness (QED) is 0.0465. The minimum atomic E-state index is 1.37. The van der Waals surface area contributed by atoms with E-state index in [1.807, 2.05) is 0 Å². The van der Waals surface area contributed by atoms with Gasteiger partial charge in [0.2, 0.25) is 0 Å². The largest absolute Gasteiger partial charge is 0.324 e. The lowest BCUT2D eigenvalue weighted by atomic mass is 10.0. The molecule has 0 unspecified atom stereocenters. The van der Waals surface area contributed by atoms with Gasteiger partial charge in [0, 0.05) is 0 Å². The van der Waals surface area contributed by atoms with Crippen LogP contribution in [0.5, 0.6) is 0 Å². The molecule has 0 aromatic carbocycles. The second kappa shape index (κ2) is 38.4. The van der Waals surface area contributed by atoms with Crippen LogP contribution in [-0.2, 0) is 0 Å². The van der Waals surface area contributed by atoms with Gasteiger partial charge in [0.05, 0.1) is 26.2 Å². The van der Waals surface area contributed by atoms with Gasteiger partial charge in [-0.05, 0) is 45.4 Å². The highest BCUT2D eigenvalue weighted by molar-refractivity contribution is 4.55. The number of nitrogens with zero attached hydrogens (tertiary/aromatic N) is 1. The number of rotatable bonds is 40. The average molecular weight is 635 g/mol. The van der Waals surface area contributed by atoms with E-state index in [1.165, 1.54) is 262 Å². The number of hydrogen-bond donors (Lipinski definition) is 0. The summed E-state index contributed by atoms with van der Waals surface area (Å²) < 4.78 is 1.44. The normalized spacial score (nSPS) is 12.0. The maximum Gasteiger partial charge on any atom is 0.0786 e. The lowest BCUT2D eigenvalue weighted by Gasteiger charge is -2.38. The average Bonchev–Trinajstić information content (AvgIpc) is 3.05. The zero-order valence-electron chi connectivity index (χ0n) is 32.7. The van der Waals surface area contributed by atoms with E-state index in [1.54, 1.807) is 0 Å². The van der Waals surface area contributed by atoms with Gasteiger partial charge >= 0.3 is 0 Å². The van der Waals surface area contributed by atoms with Crippen LogP contribution < -0.4 is 0 Å². The second-order valence-electron chi connectivity index (χ2n) is 15.5. The Morgan fingerprint density at radius 2 is 0.356 bits per heavy atom. The predicted molar refractivity (Wildman–Crippen MR) is 209 cm³/mol. The molecule has 1 nitrogen and oxygen atoms in total. The topological polar surface area (TPSA) is 0 Å². The number of hydrogen-bond acceptors (Lipinski definition) is 0. The van der Waals surface area contributed by atoms with Crippen molar-refractivity contribution in [3.8, 4) is 0 Å². The van der Waals surface area contributed by atoms with Gasteiger partial charge in [0.15, 0.2) is 0 Å². The smallest absolute Gasteiger partial charge is 0.0786 e. The summed E-state index contributed by atoms with van der Waals surface area (Å²) in [5, 5.41) is 0. The molecule has 0 fully saturated rings. The van der Waals surface area contributed by atoms with E-state index in [0.29, 0.717) is 0 Å². The molecule has 1 heteroatoms. The zero-order valence-corrected chi connectivity index (χ0v) is 32.7. The summed E-state index contributed by atoms with van der Waals surface area (Å²) in [4.78, 5) is 0. The van der Waals surface area contributed by atoms with E-state index >= 15 is 0 Å². The van der Waals surface area contributed by atoms with E-state index in [4.69, 9.17) is 0 Å². The van der Waals surface area contributed by atoms with Crippen LogP contribution in [0.1, 0.15) is 259 Å². The third-order valence-electron chi connectivity index (χ3n) is 11.1. The van der Waals surface area contributed by atoms with Crippen LogP contribution in [0.15, 0.2) is 0 Å². The van der Waals surface area contributed by atoms with Gasteiger partial charge in [0.1, 0.15) is 0 Å². The molecule has 0 saturated heterocycles. The summed E-state index contributed by atoms with van der Waals surface area (Å²) in [5.74, 6) is 0. The Labute approximate surface area is 288 Å². The van der Waals surface area contributed by atoms with E-state index in [-0.39, 0.29) is 0 Å². The summed E-state index contributed by atoms with van der Waals surface area (Å²) in [5.41, 5.74) is 0. The van der Waals surface area contributed by atoms with Crippen molar-refractivity contribution in [3.05, 3.63) is 0 Å². The summed E-state index contributed by atoms with van der Waals surface area (Å²) in [6, 6.07) is 0. The second-order valence-corrected chi connectivity index (χ2v) is 15.5. The molecule has 0 bridgehead atoms. The number of unbranched alkanes of at least 4 members (excludes halogenated alkanes) is 33. The molecule has 0 aromatic rings. The minimum Gasteiger partial charge on any atom is -0.324 e. The molecule has 0 aliphatic carbocycles. The zero-order chi connectivity index (χ0) is 32.8. The molecule has 0 N–H and O–H groups in total. The van der Waals surface area contributed by atoms with Crippen LogP contribution in [0.3, 0.4) is 0 Å². The van der Waals surface area contributed by atoms with Crippen molar-refractivity contribution in [2.24, 2.45) is 0 Å². The maximum absolute atomic E-state index is 2.52. The molecule has 272 valence electrons. The molecule has 45 heavy (non-hydrogen) atoms. The highest BCUT2D eigenvalue weighted by Gasteiger charge is 2.23. The monoisotopic (exact) mass is 635 g/mol. The van der Waals surface area contributed by atoms with Crippen LogP contribution in [0, 0.1) is 0 Å². The molecule has 0 heterocycles. The summed E-state index contributed by atoms with van der Waals surface area (Å²) in [7, 11) is 0.